The molecule has 0 saturated heterocycles. The van der Waals surface area contributed by atoms with Gasteiger partial charge in [0, 0.05) is 29.3 Å². The molecule has 0 atom stereocenters. The molecule has 0 unspecified atom stereocenters. The average molecular weight is 297 g/mol. The molecule has 0 fully saturated rings. The molecule has 2 heterocycles. The normalized spacial score (nSPS) is 11.3. The maximum Gasteiger partial charge on any atom is 0.271 e. The Kier molecular flexibility index (Phi) is 4.88. The van der Waals surface area contributed by atoms with E-state index in [2.05, 4.69) is 15.3 Å². The third-order valence-corrected chi connectivity index (χ3v) is 3.22. The number of hydrogen-bond acceptors (Lipinski definition) is 4. The highest BCUT2D eigenvalue weighted by Crippen LogP contribution is 2.24. The zero-order valence-electron chi connectivity index (χ0n) is 12.9. The zero-order chi connectivity index (χ0) is 16.1. The Morgan fingerprint density at radius 3 is 2.59 bits per heavy atom. The van der Waals surface area contributed by atoms with Gasteiger partial charge in [0.15, 0.2) is 5.78 Å². The number of nitrogens with zero attached hydrogens (tertiary/aromatic N) is 1. The van der Waals surface area contributed by atoms with Crippen molar-refractivity contribution >= 4 is 11.5 Å². The van der Waals surface area contributed by atoms with Gasteiger partial charge in [-0.25, -0.2) is 0 Å². The molecular formula is C17H19N3O2. The van der Waals surface area contributed by atoms with Gasteiger partial charge in [0.05, 0.1) is 0 Å². The standard InChI is InChI=1S/C17H19N3O2/c1-4-15-14(13-5-7-18-8-6-13)10-16(17(22)20-15)19-11(2)9-12(3)21/h5-10,19H,4H2,1-3H3,(H,20,22). The molecule has 0 aliphatic carbocycles. The van der Waals surface area contributed by atoms with Crippen molar-refractivity contribution < 1.29 is 4.79 Å². The third-order valence-electron chi connectivity index (χ3n) is 3.22. The predicted molar refractivity (Wildman–Crippen MR) is 87.7 cm³/mol. The van der Waals surface area contributed by atoms with E-state index in [0.29, 0.717) is 11.4 Å². The first kappa shape index (κ1) is 15.7. The maximum atomic E-state index is 12.2. The fourth-order valence-electron chi connectivity index (χ4n) is 2.28. The van der Waals surface area contributed by atoms with Crippen molar-refractivity contribution in [2.45, 2.75) is 27.2 Å². The van der Waals surface area contributed by atoms with E-state index in [4.69, 9.17) is 0 Å². The first-order valence-corrected chi connectivity index (χ1v) is 7.13. The second-order valence-electron chi connectivity index (χ2n) is 5.06. The van der Waals surface area contributed by atoms with Crippen molar-refractivity contribution in [1.29, 1.82) is 0 Å². The molecular weight excluding hydrogens is 278 g/mol. The van der Waals surface area contributed by atoms with E-state index >= 15 is 0 Å². The summed E-state index contributed by atoms with van der Waals surface area (Å²) in [5, 5.41) is 2.98. The molecule has 0 aliphatic heterocycles. The quantitative estimate of drug-likeness (QED) is 0.832. The minimum Gasteiger partial charge on any atom is -0.355 e. The number of anilines is 1. The highest BCUT2D eigenvalue weighted by molar-refractivity contribution is 5.88. The van der Waals surface area contributed by atoms with E-state index in [0.717, 1.165) is 23.2 Å². The van der Waals surface area contributed by atoms with E-state index in [1.807, 2.05) is 25.1 Å². The van der Waals surface area contributed by atoms with Crippen LogP contribution in [0.4, 0.5) is 5.69 Å². The fourth-order valence-corrected chi connectivity index (χ4v) is 2.28. The highest BCUT2D eigenvalue weighted by atomic mass is 16.1. The molecule has 114 valence electrons. The summed E-state index contributed by atoms with van der Waals surface area (Å²) in [5.41, 5.74) is 3.64. The molecule has 0 amide bonds. The molecule has 2 aromatic rings. The number of aromatic amines is 1. The van der Waals surface area contributed by atoms with Crippen LogP contribution in [-0.2, 0) is 11.2 Å². The Morgan fingerprint density at radius 1 is 1.32 bits per heavy atom. The number of carbonyl (C=O) groups is 1. The van der Waals surface area contributed by atoms with Gasteiger partial charge in [-0.05, 0) is 50.1 Å². The van der Waals surface area contributed by atoms with Gasteiger partial charge >= 0.3 is 0 Å². The van der Waals surface area contributed by atoms with Crippen LogP contribution in [0.25, 0.3) is 11.1 Å². The van der Waals surface area contributed by atoms with Crippen molar-refractivity contribution in [2.24, 2.45) is 0 Å². The Balaban J connectivity index is 2.49. The van der Waals surface area contributed by atoms with E-state index in [1.165, 1.54) is 13.0 Å². The van der Waals surface area contributed by atoms with Crippen molar-refractivity contribution in [3.63, 3.8) is 0 Å². The molecule has 2 aromatic heterocycles. The lowest BCUT2D eigenvalue weighted by Gasteiger charge is -2.12. The van der Waals surface area contributed by atoms with Crippen molar-refractivity contribution in [2.75, 3.05) is 5.32 Å². The number of H-pyrrole nitrogens is 1. The third kappa shape index (κ3) is 3.69. The SMILES string of the molecule is CCc1[nH]c(=O)c(NC(C)=CC(C)=O)cc1-c1ccncc1. The number of pyridine rings is 2. The lowest BCUT2D eigenvalue weighted by Crippen LogP contribution is -2.16. The van der Waals surface area contributed by atoms with Crippen LogP contribution < -0.4 is 10.9 Å². The number of ketones is 1. The Morgan fingerprint density at radius 2 is 2.00 bits per heavy atom. The lowest BCUT2D eigenvalue weighted by atomic mass is 10.0. The van der Waals surface area contributed by atoms with Crippen LogP contribution in [0, 0.1) is 0 Å². The number of rotatable bonds is 5. The summed E-state index contributed by atoms with van der Waals surface area (Å²) in [6.45, 7) is 5.21. The van der Waals surface area contributed by atoms with Gasteiger partial charge in [-0.2, -0.15) is 0 Å². The predicted octanol–water partition coefficient (Wildman–Crippen LogP) is 2.90. The minimum atomic E-state index is -0.203. The summed E-state index contributed by atoms with van der Waals surface area (Å²) in [5.74, 6) is -0.0686. The maximum absolute atomic E-state index is 12.2. The van der Waals surface area contributed by atoms with E-state index in [1.54, 1.807) is 19.3 Å². The number of aromatic nitrogens is 2. The van der Waals surface area contributed by atoms with Crippen LogP contribution in [0.5, 0.6) is 0 Å². The molecule has 0 radical (unpaired) electrons. The van der Waals surface area contributed by atoms with Gasteiger partial charge in [0.25, 0.3) is 5.56 Å². The molecule has 0 spiro atoms. The van der Waals surface area contributed by atoms with Crippen LogP contribution in [-0.4, -0.2) is 15.8 Å². The fraction of sp³-hybridized carbons (Fsp3) is 0.235. The highest BCUT2D eigenvalue weighted by Gasteiger charge is 2.09. The molecule has 5 heteroatoms. The molecule has 0 aliphatic rings. The zero-order valence-corrected chi connectivity index (χ0v) is 12.9. The largest absolute Gasteiger partial charge is 0.355 e. The summed E-state index contributed by atoms with van der Waals surface area (Å²) in [4.78, 5) is 30.2. The van der Waals surface area contributed by atoms with Crippen LogP contribution in [0.2, 0.25) is 0 Å². The molecule has 0 aromatic carbocycles. The Hall–Kier alpha value is -2.69. The summed E-state index contributed by atoms with van der Waals surface area (Å²) >= 11 is 0. The van der Waals surface area contributed by atoms with Gasteiger partial charge in [0.1, 0.15) is 5.69 Å². The topological polar surface area (TPSA) is 74.8 Å². The smallest absolute Gasteiger partial charge is 0.271 e. The molecule has 2 rings (SSSR count). The average Bonchev–Trinajstić information content (AvgIpc) is 2.49. The summed E-state index contributed by atoms with van der Waals surface area (Å²) in [7, 11) is 0. The van der Waals surface area contributed by atoms with Gasteiger partial charge < -0.3 is 10.3 Å². The van der Waals surface area contributed by atoms with Crippen molar-refractivity contribution in [1.82, 2.24) is 9.97 Å². The summed E-state index contributed by atoms with van der Waals surface area (Å²) in [6.07, 6.45) is 5.61. The molecule has 2 N–H and O–H groups in total. The summed E-state index contributed by atoms with van der Waals surface area (Å²) in [6, 6.07) is 5.61. The number of hydrogen-bond donors (Lipinski definition) is 2. The van der Waals surface area contributed by atoms with Crippen molar-refractivity contribution in [3.05, 3.63) is 58.4 Å². The first-order valence-electron chi connectivity index (χ1n) is 7.13. The second-order valence-corrected chi connectivity index (χ2v) is 5.06. The molecule has 0 bridgehead atoms. The van der Waals surface area contributed by atoms with E-state index < -0.39 is 0 Å². The second kappa shape index (κ2) is 6.85. The van der Waals surface area contributed by atoms with Crippen LogP contribution in [0.15, 0.2) is 47.2 Å². The molecule has 0 saturated carbocycles. The van der Waals surface area contributed by atoms with E-state index in [-0.39, 0.29) is 11.3 Å². The van der Waals surface area contributed by atoms with Gasteiger partial charge in [0.2, 0.25) is 0 Å². The van der Waals surface area contributed by atoms with Crippen LogP contribution in [0.1, 0.15) is 26.5 Å². The van der Waals surface area contributed by atoms with Gasteiger partial charge in [-0.3, -0.25) is 14.6 Å². The number of allylic oxidation sites excluding steroid dienone is 2. The number of aryl methyl sites for hydroxylation is 1. The first-order chi connectivity index (χ1) is 10.5. The Bertz CT molecular complexity index is 761. The minimum absolute atomic E-state index is 0.0686. The monoisotopic (exact) mass is 297 g/mol. The lowest BCUT2D eigenvalue weighted by molar-refractivity contribution is -0.112. The van der Waals surface area contributed by atoms with Gasteiger partial charge in [-0.15, -0.1) is 0 Å². The van der Waals surface area contributed by atoms with Crippen molar-refractivity contribution in [3.8, 4) is 11.1 Å². The van der Waals surface area contributed by atoms with Crippen LogP contribution in [0.3, 0.4) is 0 Å². The number of carbonyl (C=O) groups excluding carboxylic acids is 1. The molecule has 22 heavy (non-hydrogen) atoms. The number of nitrogens with one attached hydrogen (secondary N) is 2. The Labute approximate surface area is 129 Å². The van der Waals surface area contributed by atoms with Crippen LogP contribution >= 0.6 is 0 Å². The molecule has 5 nitrogen and oxygen atoms in total. The summed E-state index contributed by atoms with van der Waals surface area (Å²) < 4.78 is 0. The van der Waals surface area contributed by atoms with E-state index in [9.17, 15) is 9.59 Å². The van der Waals surface area contributed by atoms with Gasteiger partial charge in [-0.1, -0.05) is 6.92 Å².